The highest BCUT2D eigenvalue weighted by atomic mass is 35.5. The van der Waals surface area contributed by atoms with Crippen LogP contribution in [0.4, 0.5) is 0 Å². The molecule has 4 rings (SSSR count). The lowest BCUT2D eigenvalue weighted by Crippen LogP contribution is -2.45. The Morgan fingerprint density at radius 2 is 1.71 bits per heavy atom. The Balaban J connectivity index is 1.82. The molecule has 3 aromatic rings. The summed E-state index contributed by atoms with van der Waals surface area (Å²) in [6, 6.07) is 12.8. The van der Waals surface area contributed by atoms with Crippen molar-refractivity contribution in [1.29, 1.82) is 0 Å². The van der Waals surface area contributed by atoms with Crippen molar-refractivity contribution in [3.05, 3.63) is 63.9 Å². The molecule has 1 aromatic heterocycles. The highest BCUT2D eigenvalue weighted by Gasteiger charge is 2.25. The van der Waals surface area contributed by atoms with Crippen molar-refractivity contribution in [2.24, 2.45) is 0 Å². The number of methoxy groups -OCH3 is 1. The van der Waals surface area contributed by atoms with Crippen molar-refractivity contribution in [1.82, 2.24) is 20.0 Å². The predicted octanol–water partition coefficient (Wildman–Crippen LogP) is 5.29. The molecule has 1 saturated heterocycles. The Labute approximate surface area is 191 Å². The Hall–Kier alpha value is -2.54. The van der Waals surface area contributed by atoms with Crippen LogP contribution in [0.3, 0.4) is 0 Å². The molecule has 6 nitrogen and oxygen atoms in total. The minimum Gasteiger partial charge on any atom is -0.496 e. The van der Waals surface area contributed by atoms with Crippen LogP contribution in [0.15, 0.2) is 42.5 Å². The first kappa shape index (κ1) is 21.7. The molecule has 0 radical (unpaired) electrons. The smallest absolute Gasteiger partial charge is 0.286 e. The molecular formula is C23H24Cl2N4O2. The number of imidazole rings is 1. The summed E-state index contributed by atoms with van der Waals surface area (Å²) in [5.41, 5.74) is 5.69. The summed E-state index contributed by atoms with van der Waals surface area (Å²) in [5.74, 6) is 0.953. The largest absolute Gasteiger partial charge is 0.496 e. The van der Waals surface area contributed by atoms with E-state index in [0.717, 1.165) is 42.9 Å². The number of aromatic nitrogens is 2. The first-order valence-electron chi connectivity index (χ1n) is 10.2. The summed E-state index contributed by atoms with van der Waals surface area (Å²) in [7, 11) is 1.58. The number of nitrogens with one attached hydrogen (secondary N) is 1. The molecule has 0 aliphatic carbocycles. The summed E-state index contributed by atoms with van der Waals surface area (Å²) in [5, 5.41) is 3.16. The second-order valence-electron chi connectivity index (χ2n) is 7.51. The molecule has 2 aromatic carbocycles. The number of piperidine rings is 1. The van der Waals surface area contributed by atoms with Gasteiger partial charge in [-0.2, -0.15) is 0 Å². The maximum Gasteiger partial charge on any atom is 0.286 e. The zero-order valence-corrected chi connectivity index (χ0v) is 19.0. The molecule has 0 atom stereocenters. The van der Waals surface area contributed by atoms with Crippen molar-refractivity contribution in [2.75, 3.05) is 20.2 Å². The molecule has 1 aliphatic rings. The van der Waals surface area contributed by atoms with Crippen molar-refractivity contribution >= 4 is 29.1 Å². The third-order valence-electron chi connectivity index (χ3n) is 5.43. The van der Waals surface area contributed by atoms with Gasteiger partial charge in [-0.3, -0.25) is 14.8 Å². The Kier molecular flexibility index (Phi) is 6.51. The number of nitrogens with zero attached hydrogens (tertiary/aromatic N) is 3. The van der Waals surface area contributed by atoms with Crippen LogP contribution in [0.1, 0.15) is 35.4 Å². The minimum atomic E-state index is -0.221. The zero-order chi connectivity index (χ0) is 22.0. The van der Waals surface area contributed by atoms with Gasteiger partial charge in [0.15, 0.2) is 5.69 Å². The lowest BCUT2D eigenvalue weighted by Gasteiger charge is -2.26. The predicted molar refractivity (Wildman–Crippen MR) is 123 cm³/mol. The summed E-state index contributed by atoms with van der Waals surface area (Å²) in [6.45, 7) is 3.58. The van der Waals surface area contributed by atoms with Gasteiger partial charge in [-0.05, 0) is 62.2 Å². The van der Waals surface area contributed by atoms with E-state index in [4.69, 9.17) is 32.9 Å². The molecule has 31 heavy (non-hydrogen) atoms. The van der Waals surface area contributed by atoms with Gasteiger partial charge in [0.25, 0.3) is 5.91 Å². The number of hydrogen-bond donors (Lipinski definition) is 1. The van der Waals surface area contributed by atoms with Crippen molar-refractivity contribution in [3.63, 3.8) is 0 Å². The van der Waals surface area contributed by atoms with E-state index in [9.17, 15) is 4.79 Å². The average Bonchev–Trinajstić information content (AvgIpc) is 3.12. The van der Waals surface area contributed by atoms with Crippen molar-refractivity contribution in [2.45, 2.75) is 26.2 Å². The van der Waals surface area contributed by atoms with E-state index in [1.54, 1.807) is 19.2 Å². The van der Waals surface area contributed by atoms with E-state index >= 15 is 0 Å². The van der Waals surface area contributed by atoms with Crippen LogP contribution in [0.25, 0.3) is 17.1 Å². The number of hydrogen-bond acceptors (Lipinski definition) is 4. The van der Waals surface area contributed by atoms with Gasteiger partial charge in [0.05, 0.1) is 18.4 Å². The first-order valence-corrected chi connectivity index (χ1v) is 11.0. The lowest BCUT2D eigenvalue weighted by molar-refractivity contribution is 0.0744. The monoisotopic (exact) mass is 458 g/mol. The fraction of sp³-hybridized carbons (Fsp3) is 0.304. The fourth-order valence-electron chi connectivity index (χ4n) is 3.86. The third kappa shape index (κ3) is 4.56. The topological polar surface area (TPSA) is 59.4 Å². The Morgan fingerprint density at radius 3 is 2.39 bits per heavy atom. The first-order chi connectivity index (χ1) is 15.0. The number of carbonyl (C=O) groups is 1. The van der Waals surface area contributed by atoms with Gasteiger partial charge in [-0.1, -0.05) is 29.6 Å². The minimum absolute atomic E-state index is 0.221. The summed E-state index contributed by atoms with van der Waals surface area (Å²) < 4.78 is 7.49. The van der Waals surface area contributed by atoms with Crippen molar-refractivity contribution in [3.8, 4) is 22.8 Å². The molecule has 1 N–H and O–H groups in total. The maximum absolute atomic E-state index is 13.1. The molecule has 8 heteroatoms. The number of benzene rings is 2. The number of amides is 1. The number of halogens is 2. The molecule has 1 aliphatic heterocycles. The van der Waals surface area contributed by atoms with Gasteiger partial charge < -0.3 is 4.74 Å². The second kappa shape index (κ2) is 9.30. The molecule has 2 heterocycles. The number of rotatable bonds is 5. The Morgan fingerprint density at radius 1 is 1.03 bits per heavy atom. The second-order valence-corrected chi connectivity index (χ2v) is 8.39. The summed E-state index contributed by atoms with van der Waals surface area (Å²) >= 11 is 12.3. The lowest BCUT2D eigenvalue weighted by atomic mass is 10.1. The number of hydrazine groups is 1. The molecule has 1 amide bonds. The van der Waals surface area contributed by atoms with E-state index in [-0.39, 0.29) is 5.91 Å². The fourth-order valence-corrected chi connectivity index (χ4v) is 4.14. The van der Waals surface area contributed by atoms with Gasteiger partial charge >= 0.3 is 0 Å². The van der Waals surface area contributed by atoms with Gasteiger partial charge in [-0.25, -0.2) is 9.99 Å². The van der Waals surface area contributed by atoms with E-state index in [1.807, 2.05) is 46.8 Å². The molecule has 0 unspecified atom stereocenters. The van der Waals surface area contributed by atoms with E-state index in [1.165, 1.54) is 6.42 Å². The van der Waals surface area contributed by atoms with Crippen molar-refractivity contribution < 1.29 is 9.53 Å². The summed E-state index contributed by atoms with van der Waals surface area (Å²) in [4.78, 5) is 17.9. The molecule has 1 fully saturated rings. The van der Waals surface area contributed by atoms with Crippen LogP contribution in [0, 0.1) is 6.92 Å². The van der Waals surface area contributed by atoms with Crippen LogP contribution in [0.5, 0.6) is 5.75 Å². The van der Waals surface area contributed by atoms with Crippen LogP contribution in [0.2, 0.25) is 10.0 Å². The van der Waals surface area contributed by atoms with Crippen LogP contribution in [-0.2, 0) is 0 Å². The summed E-state index contributed by atoms with van der Waals surface area (Å²) in [6.07, 6.45) is 3.34. The van der Waals surface area contributed by atoms with E-state index < -0.39 is 0 Å². The van der Waals surface area contributed by atoms with Gasteiger partial charge in [0, 0.05) is 28.8 Å². The third-order valence-corrected chi connectivity index (χ3v) is 5.91. The molecule has 0 bridgehead atoms. The SMILES string of the molecule is COc1cc(Cl)ccc1-c1nc(C(=O)NN2CCCCC2)c(C)n1-c1ccc(Cl)cc1. The number of carbonyl (C=O) groups excluding carboxylic acids is 1. The van der Waals surface area contributed by atoms with Gasteiger partial charge in [0.1, 0.15) is 11.6 Å². The van der Waals surface area contributed by atoms with E-state index in [0.29, 0.717) is 27.3 Å². The quantitative estimate of drug-likeness (QED) is 0.563. The highest BCUT2D eigenvalue weighted by Crippen LogP contribution is 2.35. The Bertz CT molecular complexity index is 1090. The van der Waals surface area contributed by atoms with E-state index in [2.05, 4.69) is 5.43 Å². The molecule has 0 saturated carbocycles. The van der Waals surface area contributed by atoms with Gasteiger partial charge in [-0.15, -0.1) is 0 Å². The van der Waals surface area contributed by atoms with Crippen LogP contribution >= 0.6 is 23.2 Å². The highest BCUT2D eigenvalue weighted by molar-refractivity contribution is 6.31. The molecule has 0 spiro atoms. The average molecular weight is 459 g/mol. The van der Waals surface area contributed by atoms with Crippen LogP contribution in [-0.4, -0.2) is 40.7 Å². The number of ether oxygens (including phenoxy) is 1. The van der Waals surface area contributed by atoms with Crippen LogP contribution < -0.4 is 10.2 Å². The zero-order valence-electron chi connectivity index (χ0n) is 17.5. The normalized spacial score (nSPS) is 14.5. The molecular weight excluding hydrogens is 435 g/mol. The standard InChI is InChI=1S/C23H24Cl2N4O2/c1-15-21(23(30)27-28-12-4-3-5-13-28)26-22(19-11-8-17(25)14-20(19)31-2)29(15)18-9-6-16(24)7-10-18/h6-11,14H,3-5,12-13H2,1-2H3,(H,27,30). The maximum atomic E-state index is 13.1. The van der Waals surface area contributed by atoms with Gasteiger partial charge in [0.2, 0.25) is 0 Å². The molecule has 162 valence electrons.